The van der Waals surface area contributed by atoms with E-state index < -0.39 is 12.0 Å². The van der Waals surface area contributed by atoms with E-state index in [1.807, 2.05) is 12.2 Å². The Kier molecular flexibility index (Phi) is 10.1. The van der Waals surface area contributed by atoms with E-state index in [0.717, 1.165) is 6.42 Å². The molecule has 1 atom stereocenters. The van der Waals surface area contributed by atoms with E-state index in [1.54, 1.807) is 12.2 Å². The fraction of sp³-hybridized carbons (Fsp3) is 0.500. The van der Waals surface area contributed by atoms with Crippen LogP contribution in [0.2, 0.25) is 0 Å². The summed E-state index contributed by atoms with van der Waals surface area (Å²) in [4.78, 5) is 14.8. The summed E-state index contributed by atoms with van der Waals surface area (Å²) in [6.45, 7) is 1.11. The molecule has 1 unspecified atom stereocenters. The summed E-state index contributed by atoms with van der Waals surface area (Å²) in [5, 5.41) is 8.87. The average molecular weight is 239 g/mol. The summed E-state index contributed by atoms with van der Waals surface area (Å²) in [5.74, 6) is -0.915. The molecule has 0 heterocycles. The van der Waals surface area contributed by atoms with Gasteiger partial charge in [0.05, 0.1) is 0 Å². The van der Waals surface area contributed by atoms with Crippen LogP contribution in [0.1, 0.15) is 19.3 Å². The van der Waals surface area contributed by atoms with Crippen LogP contribution in [0.3, 0.4) is 0 Å². The number of rotatable bonds is 9. The van der Waals surface area contributed by atoms with Crippen molar-refractivity contribution < 1.29 is 9.90 Å². The molecule has 96 valence electrons. The number of aliphatic carboxylic acids is 1. The molecular formula is C12H21N3O2. The lowest BCUT2D eigenvalue weighted by atomic mass is 10.1. The van der Waals surface area contributed by atoms with Crippen molar-refractivity contribution in [2.24, 2.45) is 16.5 Å². The van der Waals surface area contributed by atoms with Gasteiger partial charge in [0.1, 0.15) is 6.04 Å². The normalized spacial score (nSPS) is 14.0. The Morgan fingerprint density at radius 1 is 1.24 bits per heavy atom. The molecule has 17 heavy (non-hydrogen) atoms. The third kappa shape index (κ3) is 9.47. The Morgan fingerprint density at radius 3 is 2.59 bits per heavy atom. The summed E-state index contributed by atoms with van der Waals surface area (Å²) < 4.78 is 0. The third-order valence-electron chi connectivity index (χ3n) is 2.01. The van der Waals surface area contributed by atoms with E-state index in [4.69, 9.17) is 16.6 Å². The quantitative estimate of drug-likeness (QED) is 0.407. The van der Waals surface area contributed by atoms with Crippen molar-refractivity contribution in [1.29, 1.82) is 0 Å². The van der Waals surface area contributed by atoms with Crippen LogP contribution >= 0.6 is 0 Å². The zero-order chi connectivity index (χ0) is 12.9. The SMILES string of the molecule is NCC/C=C/C=C/C=NC(CCCN)C(=O)O. The van der Waals surface area contributed by atoms with E-state index >= 15 is 0 Å². The van der Waals surface area contributed by atoms with E-state index in [0.29, 0.717) is 25.9 Å². The number of hydrogen-bond acceptors (Lipinski definition) is 4. The minimum absolute atomic E-state index is 0.471. The first-order valence-corrected chi connectivity index (χ1v) is 5.70. The van der Waals surface area contributed by atoms with Crippen molar-refractivity contribution in [3.8, 4) is 0 Å². The van der Waals surface area contributed by atoms with Gasteiger partial charge in [-0.25, -0.2) is 4.79 Å². The van der Waals surface area contributed by atoms with Gasteiger partial charge in [0, 0.05) is 6.21 Å². The Hall–Kier alpha value is -1.46. The molecule has 0 aliphatic heterocycles. The number of allylic oxidation sites excluding steroid dienone is 3. The van der Waals surface area contributed by atoms with Gasteiger partial charge in [-0.1, -0.05) is 18.2 Å². The van der Waals surface area contributed by atoms with Crippen LogP contribution in [0.15, 0.2) is 29.3 Å². The molecule has 0 rings (SSSR count). The van der Waals surface area contributed by atoms with Crippen LogP contribution in [-0.2, 0) is 4.79 Å². The maximum Gasteiger partial charge on any atom is 0.328 e. The lowest BCUT2D eigenvalue weighted by molar-refractivity contribution is -0.138. The van der Waals surface area contributed by atoms with Crippen molar-refractivity contribution in [1.82, 2.24) is 0 Å². The summed E-state index contributed by atoms with van der Waals surface area (Å²) >= 11 is 0. The molecule has 0 saturated carbocycles. The van der Waals surface area contributed by atoms with E-state index in [1.165, 1.54) is 6.21 Å². The predicted octanol–water partition coefficient (Wildman–Crippen LogP) is 0.711. The van der Waals surface area contributed by atoms with Crippen molar-refractivity contribution >= 4 is 12.2 Å². The molecule has 0 aromatic rings. The second-order valence-corrected chi connectivity index (χ2v) is 3.47. The molecule has 0 bridgehead atoms. The average Bonchev–Trinajstić information content (AvgIpc) is 2.31. The van der Waals surface area contributed by atoms with Gasteiger partial charge in [-0.2, -0.15) is 0 Å². The van der Waals surface area contributed by atoms with Crippen molar-refractivity contribution in [3.05, 3.63) is 24.3 Å². The zero-order valence-corrected chi connectivity index (χ0v) is 9.96. The minimum Gasteiger partial charge on any atom is -0.480 e. The molecular weight excluding hydrogens is 218 g/mol. The highest BCUT2D eigenvalue weighted by Gasteiger charge is 2.13. The Balaban J connectivity index is 4.03. The summed E-state index contributed by atoms with van der Waals surface area (Å²) in [7, 11) is 0. The summed E-state index contributed by atoms with van der Waals surface area (Å²) in [6, 6.07) is -0.698. The van der Waals surface area contributed by atoms with Gasteiger partial charge in [-0.3, -0.25) is 4.99 Å². The van der Waals surface area contributed by atoms with E-state index in [-0.39, 0.29) is 0 Å². The minimum atomic E-state index is -0.915. The Morgan fingerprint density at radius 2 is 2.00 bits per heavy atom. The molecule has 5 heteroatoms. The molecule has 0 aromatic heterocycles. The lowest BCUT2D eigenvalue weighted by Gasteiger charge is -2.04. The van der Waals surface area contributed by atoms with Crippen molar-refractivity contribution in [3.63, 3.8) is 0 Å². The Labute approximate surface area is 102 Å². The highest BCUT2D eigenvalue weighted by Crippen LogP contribution is 2.00. The monoisotopic (exact) mass is 239 g/mol. The van der Waals surface area contributed by atoms with Crippen LogP contribution < -0.4 is 11.5 Å². The standard InChI is InChI=1S/C12H21N3O2/c13-8-4-2-1-3-5-10-15-11(12(16)17)7-6-9-14/h1-3,5,10-11H,4,6-9,13-14H2,(H,16,17)/b2-1+,5-3+,15-10?. The number of carboxylic acid groups (broad SMARTS) is 1. The third-order valence-corrected chi connectivity index (χ3v) is 2.01. The lowest BCUT2D eigenvalue weighted by Crippen LogP contribution is -2.19. The summed E-state index contributed by atoms with van der Waals surface area (Å²) in [6.07, 6.45) is 10.7. The van der Waals surface area contributed by atoms with Gasteiger partial charge in [0.25, 0.3) is 0 Å². The van der Waals surface area contributed by atoms with Crippen LogP contribution in [0.5, 0.6) is 0 Å². The van der Waals surface area contributed by atoms with Crippen LogP contribution in [0, 0.1) is 0 Å². The van der Waals surface area contributed by atoms with Gasteiger partial charge in [-0.05, 0) is 38.4 Å². The number of nitrogens with zero attached hydrogens (tertiary/aromatic N) is 1. The van der Waals surface area contributed by atoms with Crippen molar-refractivity contribution in [2.45, 2.75) is 25.3 Å². The van der Waals surface area contributed by atoms with Crippen LogP contribution in [0.4, 0.5) is 0 Å². The first-order valence-electron chi connectivity index (χ1n) is 5.70. The number of carbonyl (C=O) groups is 1. The van der Waals surface area contributed by atoms with Crippen molar-refractivity contribution in [2.75, 3.05) is 13.1 Å². The molecule has 0 aliphatic rings. The molecule has 5 nitrogen and oxygen atoms in total. The number of hydrogen-bond donors (Lipinski definition) is 3. The van der Waals surface area contributed by atoms with E-state index in [2.05, 4.69) is 4.99 Å². The molecule has 0 spiro atoms. The number of carboxylic acids is 1. The maximum atomic E-state index is 10.8. The smallest absolute Gasteiger partial charge is 0.328 e. The van der Waals surface area contributed by atoms with Gasteiger partial charge >= 0.3 is 5.97 Å². The fourth-order valence-electron chi connectivity index (χ4n) is 1.11. The first-order chi connectivity index (χ1) is 8.22. The topological polar surface area (TPSA) is 102 Å². The second kappa shape index (κ2) is 11.0. The highest BCUT2D eigenvalue weighted by molar-refractivity contribution is 5.79. The summed E-state index contributed by atoms with van der Waals surface area (Å²) in [5.41, 5.74) is 10.6. The van der Waals surface area contributed by atoms with Gasteiger partial charge in [0.15, 0.2) is 0 Å². The van der Waals surface area contributed by atoms with Crippen LogP contribution in [-0.4, -0.2) is 36.4 Å². The fourth-order valence-corrected chi connectivity index (χ4v) is 1.11. The second-order valence-electron chi connectivity index (χ2n) is 3.47. The molecule has 0 aromatic carbocycles. The van der Waals surface area contributed by atoms with Gasteiger partial charge in [0.2, 0.25) is 0 Å². The number of nitrogens with two attached hydrogens (primary N) is 2. The molecule has 0 fully saturated rings. The highest BCUT2D eigenvalue weighted by atomic mass is 16.4. The molecule has 0 saturated heterocycles. The molecule has 0 amide bonds. The van der Waals surface area contributed by atoms with Crippen LogP contribution in [0.25, 0.3) is 0 Å². The largest absolute Gasteiger partial charge is 0.480 e. The van der Waals surface area contributed by atoms with Gasteiger partial charge in [-0.15, -0.1) is 0 Å². The maximum absolute atomic E-state index is 10.8. The molecule has 0 aliphatic carbocycles. The molecule has 5 N–H and O–H groups in total. The molecule has 0 radical (unpaired) electrons. The Bertz CT molecular complexity index is 285. The first kappa shape index (κ1) is 15.5. The van der Waals surface area contributed by atoms with Gasteiger partial charge < -0.3 is 16.6 Å². The predicted molar refractivity (Wildman–Crippen MR) is 70.2 cm³/mol. The number of aliphatic imine (C=N–C) groups is 1. The zero-order valence-electron chi connectivity index (χ0n) is 9.96. The van der Waals surface area contributed by atoms with E-state index in [9.17, 15) is 4.79 Å².